The normalized spacial score (nSPS) is 22.0. The fraction of sp³-hybridized carbons (Fsp3) is 0.423. The van der Waals surface area contributed by atoms with Crippen LogP contribution in [0, 0.1) is 11.3 Å². The highest BCUT2D eigenvalue weighted by atomic mass is 32.2. The van der Waals surface area contributed by atoms with E-state index in [0.717, 1.165) is 16.7 Å². The number of imide groups is 1. The van der Waals surface area contributed by atoms with Crippen LogP contribution in [0.2, 0.25) is 0 Å². The van der Waals surface area contributed by atoms with Gasteiger partial charge in [0, 0.05) is 14.1 Å². The van der Waals surface area contributed by atoms with Crippen molar-refractivity contribution in [2.75, 3.05) is 47.8 Å². The Morgan fingerprint density at radius 3 is 2.41 bits per heavy atom. The number of nitrogens with two attached hydrogens (primary N) is 1. The molecule has 15 heteroatoms. The maximum Gasteiger partial charge on any atom is 0.338 e. The third kappa shape index (κ3) is 5.18. The fourth-order valence-corrected chi connectivity index (χ4v) is 5.64. The molecular formula is C26H30N6O8S. The molecule has 3 amide bonds. The first-order valence-electron chi connectivity index (χ1n) is 12.4. The predicted octanol–water partition coefficient (Wildman–Crippen LogP) is 1.25. The largest absolute Gasteiger partial charge is 0.493 e. The highest BCUT2D eigenvalue weighted by molar-refractivity contribution is 8.14. The minimum absolute atomic E-state index is 0.00722. The van der Waals surface area contributed by atoms with Crippen LogP contribution in [0.15, 0.2) is 39.9 Å². The third-order valence-electron chi connectivity index (χ3n) is 6.76. The van der Waals surface area contributed by atoms with E-state index >= 15 is 0 Å². The number of rotatable bonds is 8. The van der Waals surface area contributed by atoms with Crippen molar-refractivity contribution in [3.8, 4) is 23.3 Å². The van der Waals surface area contributed by atoms with Crippen molar-refractivity contribution >= 4 is 34.8 Å². The predicted molar refractivity (Wildman–Crippen MR) is 147 cm³/mol. The molecular weight excluding hydrogens is 556 g/mol. The van der Waals surface area contributed by atoms with Gasteiger partial charge in [-0.05, 0) is 24.6 Å². The number of thioether (sulfide) groups is 1. The summed E-state index contributed by atoms with van der Waals surface area (Å²) < 4.78 is 27.6. The maximum absolute atomic E-state index is 13.4. The highest BCUT2D eigenvalue weighted by Gasteiger charge is 2.47. The van der Waals surface area contributed by atoms with Gasteiger partial charge in [0.15, 0.2) is 22.8 Å². The topological polar surface area (TPSA) is 178 Å². The second-order valence-electron chi connectivity index (χ2n) is 8.99. The second kappa shape index (κ2) is 11.9. The number of hydrogen-bond acceptors (Lipinski definition) is 13. The molecule has 0 spiro atoms. The van der Waals surface area contributed by atoms with Crippen molar-refractivity contribution in [2.45, 2.75) is 25.0 Å². The lowest BCUT2D eigenvalue weighted by atomic mass is 9.82. The molecule has 218 valence electrons. The molecule has 3 aliphatic heterocycles. The van der Waals surface area contributed by atoms with E-state index in [1.807, 2.05) is 0 Å². The lowest BCUT2D eigenvalue weighted by Crippen LogP contribution is -2.63. The molecule has 0 bridgehead atoms. The Morgan fingerprint density at radius 2 is 1.85 bits per heavy atom. The van der Waals surface area contributed by atoms with E-state index in [2.05, 4.69) is 16.4 Å². The Labute approximate surface area is 240 Å². The van der Waals surface area contributed by atoms with E-state index in [0.29, 0.717) is 28.0 Å². The van der Waals surface area contributed by atoms with Crippen LogP contribution >= 0.6 is 11.8 Å². The molecule has 0 aromatic heterocycles. The van der Waals surface area contributed by atoms with Crippen LogP contribution in [0.3, 0.4) is 0 Å². The molecule has 1 fully saturated rings. The van der Waals surface area contributed by atoms with Gasteiger partial charge in [-0.2, -0.15) is 5.26 Å². The number of urea groups is 1. The molecule has 3 N–H and O–H groups in total. The number of ether oxygens (including phenoxy) is 5. The molecule has 1 saturated heterocycles. The Hall–Kier alpha value is -4.58. The number of likely N-dealkylation sites (N-methyl/N-ethyl adjacent to an activating group) is 2. The Morgan fingerprint density at radius 1 is 1.20 bits per heavy atom. The summed E-state index contributed by atoms with van der Waals surface area (Å²) in [7, 11) is 7.32. The van der Waals surface area contributed by atoms with Gasteiger partial charge in [-0.3, -0.25) is 9.69 Å². The number of benzene rings is 1. The Balaban J connectivity index is 1.75. The van der Waals surface area contributed by atoms with Crippen molar-refractivity contribution in [1.82, 2.24) is 15.1 Å². The number of nitrogens with one attached hydrogen (secondary N) is 1. The molecule has 14 nitrogen and oxygen atoms in total. The van der Waals surface area contributed by atoms with E-state index < -0.39 is 36.0 Å². The number of fused-ring (bicyclic) bond motifs is 1. The maximum atomic E-state index is 13.4. The van der Waals surface area contributed by atoms with Gasteiger partial charge < -0.3 is 39.6 Å². The van der Waals surface area contributed by atoms with Crippen LogP contribution in [-0.4, -0.2) is 92.9 Å². The smallest absolute Gasteiger partial charge is 0.338 e. The van der Waals surface area contributed by atoms with Crippen LogP contribution in [0.5, 0.6) is 17.2 Å². The average molecular weight is 587 g/mol. The molecule has 1 aromatic carbocycles. The summed E-state index contributed by atoms with van der Waals surface area (Å²) in [5, 5.41) is 13.4. The third-order valence-corrected chi connectivity index (χ3v) is 7.66. The minimum atomic E-state index is -0.989. The molecule has 3 atom stereocenters. The molecule has 1 aromatic rings. The number of methoxy groups -OCH3 is 3. The van der Waals surface area contributed by atoms with Crippen LogP contribution in [-0.2, 0) is 19.1 Å². The van der Waals surface area contributed by atoms with Gasteiger partial charge in [0.1, 0.15) is 23.4 Å². The van der Waals surface area contributed by atoms with Gasteiger partial charge in [-0.15, -0.1) is 0 Å². The number of amides is 3. The molecule has 0 unspecified atom stereocenters. The Bertz CT molecular complexity index is 1390. The van der Waals surface area contributed by atoms with E-state index in [9.17, 15) is 19.6 Å². The van der Waals surface area contributed by atoms with Gasteiger partial charge >= 0.3 is 12.0 Å². The standard InChI is InChI=1S/C26H30N6O8S/c1-7-39-24(34)18-16(11-41-25-29-19-22(30-25)31(2)26(35)32(3)23(19)33)40-21(28)13(10-27)17(18)12-8-14(36-4)20(38-6)15(9-12)37-5/h8-9,17,19,22H,7,11,28H2,1-6H3,(H,29,30)/t17-,19+,22-/m1/s1. The van der Waals surface area contributed by atoms with Gasteiger partial charge in [0.05, 0.1) is 45.2 Å². The number of hydrogen-bond donors (Lipinski definition) is 2. The number of nitrogens with zero attached hydrogens (tertiary/aromatic N) is 4. The van der Waals surface area contributed by atoms with Crippen LogP contribution < -0.4 is 25.3 Å². The summed E-state index contributed by atoms with van der Waals surface area (Å²) in [6.45, 7) is 1.73. The summed E-state index contributed by atoms with van der Waals surface area (Å²) in [6.07, 6.45) is -0.721. The molecule has 0 saturated carbocycles. The molecule has 4 rings (SSSR count). The van der Waals surface area contributed by atoms with E-state index in [4.69, 9.17) is 29.4 Å². The van der Waals surface area contributed by atoms with Gasteiger partial charge in [-0.25, -0.2) is 14.6 Å². The van der Waals surface area contributed by atoms with Gasteiger partial charge in [0.25, 0.3) is 5.91 Å². The quantitative estimate of drug-likeness (QED) is 0.417. The summed E-state index contributed by atoms with van der Waals surface area (Å²) in [5.41, 5.74) is 6.69. The fourth-order valence-electron chi connectivity index (χ4n) is 4.76. The summed E-state index contributed by atoms with van der Waals surface area (Å²) in [4.78, 5) is 45.3. The van der Waals surface area contributed by atoms with Crippen molar-refractivity contribution in [2.24, 2.45) is 10.7 Å². The number of allylic oxidation sites excluding steroid dienone is 1. The molecule has 3 heterocycles. The summed E-state index contributed by atoms with van der Waals surface area (Å²) in [6, 6.07) is 4.07. The molecule has 3 aliphatic rings. The molecule has 41 heavy (non-hydrogen) atoms. The second-order valence-corrected chi connectivity index (χ2v) is 9.95. The van der Waals surface area contributed by atoms with Crippen molar-refractivity contribution in [3.05, 3.63) is 40.5 Å². The molecule has 0 aliphatic carbocycles. The Kier molecular flexibility index (Phi) is 8.52. The lowest BCUT2D eigenvalue weighted by molar-refractivity contribution is -0.139. The van der Waals surface area contributed by atoms with Crippen molar-refractivity contribution < 1.29 is 38.1 Å². The number of nitriles is 1. The first-order chi connectivity index (χ1) is 19.6. The zero-order valence-corrected chi connectivity index (χ0v) is 24.2. The number of carbonyl (C=O) groups excluding carboxylic acids is 3. The number of carbonyl (C=O) groups is 3. The first kappa shape index (κ1) is 29.4. The zero-order valence-electron chi connectivity index (χ0n) is 23.3. The number of esters is 1. The minimum Gasteiger partial charge on any atom is -0.493 e. The van der Waals surface area contributed by atoms with Crippen LogP contribution in [0.4, 0.5) is 4.79 Å². The zero-order chi connectivity index (χ0) is 30.0. The number of aliphatic imine (C=N–C) groups is 1. The van der Waals surface area contributed by atoms with Gasteiger partial charge in [-0.1, -0.05) is 11.8 Å². The summed E-state index contributed by atoms with van der Waals surface area (Å²) in [5.74, 6) is -1.19. The van der Waals surface area contributed by atoms with Crippen molar-refractivity contribution in [1.29, 1.82) is 5.26 Å². The van der Waals surface area contributed by atoms with E-state index in [1.165, 1.54) is 33.3 Å². The average Bonchev–Trinajstić information content (AvgIpc) is 3.41. The summed E-state index contributed by atoms with van der Waals surface area (Å²) >= 11 is 1.14. The van der Waals surface area contributed by atoms with Gasteiger partial charge in [0.2, 0.25) is 11.6 Å². The van der Waals surface area contributed by atoms with Crippen LogP contribution in [0.1, 0.15) is 18.4 Å². The van der Waals surface area contributed by atoms with E-state index in [1.54, 1.807) is 26.1 Å². The van der Waals surface area contributed by atoms with Crippen molar-refractivity contribution in [3.63, 3.8) is 0 Å². The SMILES string of the molecule is CCOC(=O)C1=C(CSC2=N[C@H]3[C@H](N2)C(=O)N(C)C(=O)N3C)OC(N)=C(C#N)[C@H]1c1cc(OC)c(OC)c(OC)c1. The first-order valence-corrected chi connectivity index (χ1v) is 13.4. The monoisotopic (exact) mass is 586 g/mol. The molecule has 0 radical (unpaired) electrons. The highest BCUT2D eigenvalue weighted by Crippen LogP contribution is 2.46. The number of amidine groups is 1. The lowest BCUT2D eigenvalue weighted by Gasteiger charge is -2.36. The van der Waals surface area contributed by atoms with Crippen LogP contribution in [0.25, 0.3) is 0 Å². The van der Waals surface area contributed by atoms with E-state index in [-0.39, 0.29) is 35.1 Å².